The SMILES string of the molecule is COc1cc(C)cc(-n2nc(C(N)=O)c3c2C(=O)N(c2ccc(N4CCCC4=O)c(C)c2)CC3)c1. The largest absolute Gasteiger partial charge is 0.497 e. The van der Waals surface area contributed by atoms with Crippen LogP contribution in [0.1, 0.15) is 50.5 Å². The van der Waals surface area contributed by atoms with Crippen LogP contribution < -0.4 is 20.3 Å². The predicted octanol–water partition coefficient (Wildman–Crippen LogP) is 2.93. The van der Waals surface area contributed by atoms with Crippen molar-refractivity contribution in [2.24, 2.45) is 5.73 Å². The molecule has 5 rings (SSSR count). The first-order valence-electron chi connectivity index (χ1n) is 11.6. The van der Waals surface area contributed by atoms with Crippen LogP contribution in [-0.2, 0) is 11.2 Å². The Labute approximate surface area is 203 Å². The van der Waals surface area contributed by atoms with Gasteiger partial charge in [0.25, 0.3) is 11.8 Å². The summed E-state index contributed by atoms with van der Waals surface area (Å²) in [6.45, 7) is 4.95. The van der Waals surface area contributed by atoms with E-state index in [1.54, 1.807) is 23.0 Å². The van der Waals surface area contributed by atoms with E-state index in [9.17, 15) is 14.4 Å². The van der Waals surface area contributed by atoms with E-state index in [-0.39, 0.29) is 17.5 Å². The quantitative estimate of drug-likeness (QED) is 0.613. The van der Waals surface area contributed by atoms with Gasteiger partial charge in [0.15, 0.2) is 5.69 Å². The maximum Gasteiger partial charge on any atom is 0.277 e. The Bertz CT molecular complexity index is 1380. The molecule has 2 aromatic carbocycles. The van der Waals surface area contributed by atoms with E-state index < -0.39 is 5.91 Å². The minimum absolute atomic E-state index is 0.104. The van der Waals surface area contributed by atoms with E-state index in [0.29, 0.717) is 48.6 Å². The summed E-state index contributed by atoms with van der Waals surface area (Å²) < 4.78 is 6.88. The highest BCUT2D eigenvalue weighted by molar-refractivity contribution is 6.09. The molecule has 35 heavy (non-hydrogen) atoms. The van der Waals surface area contributed by atoms with Gasteiger partial charge < -0.3 is 20.3 Å². The van der Waals surface area contributed by atoms with Crippen molar-refractivity contribution in [3.63, 3.8) is 0 Å². The van der Waals surface area contributed by atoms with Crippen LogP contribution in [0.5, 0.6) is 5.75 Å². The maximum atomic E-state index is 13.8. The van der Waals surface area contributed by atoms with E-state index in [1.807, 2.05) is 44.2 Å². The molecule has 1 saturated heterocycles. The Hall–Kier alpha value is -4.14. The van der Waals surface area contributed by atoms with Gasteiger partial charge in [-0.15, -0.1) is 0 Å². The molecule has 1 fully saturated rings. The summed E-state index contributed by atoms with van der Waals surface area (Å²) in [5.41, 5.74) is 10.6. The number of fused-ring (bicyclic) bond motifs is 1. The molecular formula is C26H27N5O4. The second-order valence-corrected chi connectivity index (χ2v) is 8.99. The smallest absolute Gasteiger partial charge is 0.277 e. The van der Waals surface area contributed by atoms with Crippen molar-refractivity contribution in [2.45, 2.75) is 33.1 Å². The second-order valence-electron chi connectivity index (χ2n) is 8.99. The van der Waals surface area contributed by atoms with E-state index in [1.165, 1.54) is 4.68 Å². The molecule has 3 aromatic rings. The summed E-state index contributed by atoms with van der Waals surface area (Å²) in [5, 5.41) is 4.44. The number of rotatable bonds is 5. The second kappa shape index (κ2) is 8.57. The number of hydrogen-bond acceptors (Lipinski definition) is 5. The number of ether oxygens (including phenoxy) is 1. The molecule has 0 aliphatic carbocycles. The molecule has 3 amide bonds. The number of aryl methyl sites for hydroxylation is 2. The molecule has 180 valence electrons. The number of hydrogen-bond donors (Lipinski definition) is 1. The zero-order valence-corrected chi connectivity index (χ0v) is 20.0. The highest BCUT2D eigenvalue weighted by atomic mass is 16.5. The summed E-state index contributed by atoms with van der Waals surface area (Å²) in [6, 6.07) is 11.2. The zero-order chi connectivity index (χ0) is 24.9. The lowest BCUT2D eigenvalue weighted by Gasteiger charge is -2.29. The predicted molar refractivity (Wildman–Crippen MR) is 132 cm³/mol. The number of anilines is 2. The first kappa shape index (κ1) is 22.6. The summed E-state index contributed by atoms with van der Waals surface area (Å²) >= 11 is 0. The van der Waals surface area contributed by atoms with E-state index in [4.69, 9.17) is 10.5 Å². The van der Waals surface area contributed by atoms with E-state index in [2.05, 4.69) is 5.10 Å². The number of benzene rings is 2. The molecule has 1 aromatic heterocycles. The summed E-state index contributed by atoms with van der Waals surface area (Å²) in [5.74, 6) is -0.198. The van der Waals surface area contributed by atoms with Crippen LogP contribution in [-0.4, -0.2) is 47.7 Å². The average Bonchev–Trinajstić information content (AvgIpc) is 3.43. The zero-order valence-electron chi connectivity index (χ0n) is 20.0. The molecule has 2 aliphatic heterocycles. The lowest BCUT2D eigenvalue weighted by Crippen LogP contribution is -2.39. The Morgan fingerprint density at radius 1 is 1.00 bits per heavy atom. The molecule has 0 atom stereocenters. The minimum atomic E-state index is -0.670. The molecule has 0 spiro atoms. The van der Waals surface area contributed by atoms with Gasteiger partial charge in [0.2, 0.25) is 5.91 Å². The third-order valence-electron chi connectivity index (χ3n) is 6.62. The van der Waals surface area contributed by atoms with E-state index >= 15 is 0 Å². The van der Waals surface area contributed by atoms with Crippen LogP contribution in [0.2, 0.25) is 0 Å². The number of carbonyl (C=O) groups excluding carboxylic acids is 3. The number of nitrogens with zero attached hydrogens (tertiary/aromatic N) is 4. The molecule has 2 aliphatic rings. The monoisotopic (exact) mass is 473 g/mol. The molecule has 0 bridgehead atoms. The Morgan fingerprint density at radius 2 is 1.80 bits per heavy atom. The fourth-order valence-electron chi connectivity index (χ4n) is 4.97. The molecule has 0 radical (unpaired) electrons. The highest BCUT2D eigenvalue weighted by Crippen LogP contribution is 2.33. The fraction of sp³-hybridized carbons (Fsp3) is 0.308. The van der Waals surface area contributed by atoms with Gasteiger partial charge in [-0.05, 0) is 68.1 Å². The van der Waals surface area contributed by atoms with Gasteiger partial charge in [-0.2, -0.15) is 5.10 Å². The number of methoxy groups -OCH3 is 1. The Morgan fingerprint density at radius 3 is 2.46 bits per heavy atom. The van der Waals surface area contributed by atoms with Crippen molar-refractivity contribution in [3.8, 4) is 11.4 Å². The van der Waals surface area contributed by atoms with Crippen molar-refractivity contribution in [1.82, 2.24) is 9.78 Å². The first-order chi connectivity index (χ1) is 16.8. The van der Waals surface area contributed by atoms with Crippen molar-refractivity contribution in [1.29, 1.82) is 0 Å². The van der Waals surface area contributed by atoms with Crippen LogP contribution >= 0.6 is 0 Å². The van der Waals surface area contributed by atoms with Gasteiger partial charge >= 0.3 is 0 Å². The molecule has 9 heteroatoms. The van der Waals surface area contributed by atoms with Gasteiger partial charge in [-0.25, -0.2) is 4.68 Å². The maximum absolute atomic E-state index is 13.8. The number of amides is 3. The fourth-order valence-corrected chi connectivity index (χ4v) is 4.97. The van der Waals surface area contributed by atoms with Crippen LogP contribution in [0.3, 0.4) is 0 Å². The topological polar surface area (TPSA) is 111 Å². The van der Waals surface area contributed by atoms with Crippen molar-refractivity contribution >= 4 is 29.1 Å². The third-order valence-corrected chi connectivity index (χ3v) is 6.62. The van der Waals surface area contributed by atoms with Crippen molar-refractivity contribution in [3.05, 3.63) is 64.5 Å². The lowest BCUT2D eigenvalue weighted by molar-refractivity contribution is -0.117. The first-order valence-corrected chi connectivity index (χ1v) is 11.6. The van der Waals surface area contributed by atoms with Gasteiger partial charge in [0.1, 0.15) is 11.4 Å². The number of carbonyl (C=O) groups is 3. The molecule has 0 saturated carbocycles. The number of aromatic nitrogens is 2. The normalized spacial score (nSPS) is 15.5. The van der Waals surface area contributed by atoms with Gasteiger partial charge in [-0.3, -0.25) is 14.4 Å². The Kier molecular flexibility index (Phi) is 5.55. The summed E-state index contributed by atoms with van der Waals surface area (Å²) in [6.07, 6.45) is 1.85. The molecular weight excluding hydrogens is 446 g/mol. The molecule has 2 N–H and O–H groups in total. The summed E-state index contributed by atoms with van der Waals surface area (Å²) in [4.78, 5) is 41.7. The summed E-state index contributed by atoms with van der Waals surface area (Å²) in [7, 11) is 1.57. The van der Waals surface area contributed by atoms with E-state index in [0.717, 1.165) is 28.9 Å². The van der Waals surface area contributed by atoms with Crippen LogP contribution in [0, 0.1) is 13.8 Å². The molecule has 3 heterocycles. The van der Waals surface area contributed by atoms with Gasteiger partial charge in [0, 0.05) is 42.5 Å². The highest BCUT2D eigenvalue weighted by Gasteiger charge is 2.35. The van der Waals surface area contributed by atoms with Gasteiger partial charge in [0.05, 0.1) is 12.8 Å². The Balaban J connectivity index is 1.57. The number of nitrogens with two attached hydrogens (primary N) is 1. The standard InChI is InChI=1S/C26H27N5O4/c1-15-11-18(14-19(12-15)35-3)31-24-20(23(28-31)25(27)33)8-10-29(26(24)34)17-6-7-21(16(2)13-17)30-9-4-5-22(30)32/h6-7,11-14H,4-5,8-10H2,1-3H3,(H2,27,33). The molecule has 9 nitrogen and oxygen atoms in total. The van der Waals surface area contributed by atoms with Crippen molar-refractivity contribution < 1.29 is 19.1 Å². The average molecular weight is 474 g/mol. The third kappa shape index (κ3) is 3.82. The molecule has 0 unspecified atom stereocenters. The van der Waals surface area contributed by atoms with Gasteiger partial charge in [-0.1, -0.05) is 0 Å². The lowest BCUT2D eigenvalue weighted by atomic mass is 10.0. The minimum Gasteiger partial charge on any atom is -0.497 e. The van der Waals surface area contributed by atoms with Crippen molar-refractivity contribution in [2.75, 3.05) is 30.0 Å². The van der Waals surface area contributed by atoms with Crippen LogP contribution in [0.25, 0.3) is 5.69 Å². The number of primary amides is 1. The van der Waals surface area contributed by atoms with Crippen LogP contribution in [0.4, 0.5) is 11.4 Å². The van der Waals surface area contributed by atoms with Crippen LogP contribution in [0.15, 0.2) is 36.4 Å².